The summed E-state index contributed by atoms with van der Waals surface area (Å²) in [5, 5.41) is 4.34. The van der Waals surface area contributed by atoms with Crippen LogP contribution in [0.1, 0.15) is 32.8 Å². The van der Waals surface area contributed by atoms with Crippen molar-refractivity contribution in [2.75, 3.05) is 18.9 Å². The van der Waals surface area contributed by atoms with Gasteiger partial charge in [-0.25, -0.2) is 19.9 Å². The number of aromatic nitrogens is 5. The van der Waals surface area contributed by atoms with Gasteiger partial charge < -0.3 is 24.8 Å². The fourth-order valence-electron chi connectivity index (χ4n) is 3.82. The lowest BCUT2D eigenvalue weighted by molar-refractivity contribution is 0.357. The predicted molar refractivity (Wildman–Crippen MR) is 127 cm³/mol. The van der Waals surface area contributed by atoms with Crippen LogP contribution in [0.4, 0.5) is 5.82 Å². The van der Waals surface area contributed by atoms with Gasteiger partial charge in [0.2, 0.25) is 5.89 Å². The van der Waals surface area contributed by atoms with E-state index < -0.39 is 0 Å². The van der Waals surface area contributed by atoms with E-state index in [2.05, 4.69) is 51.7 Å². The van der Waals surface area contributed by atoms with E-state index in [1.807, 2.05) is 6.07 Å². The molecule has 1 aliphatic heterocycles. The summed E-state index contributed by atoms with van der Waals surface area (Å²) in [6, 6.07) is 4.15. The number of hydrogen-bond acceptors (Lipinski definition) is 9. The zero-order chi connectivity index (χ0) is 23.0. The van der Waals surface area contributed by atoms with Gasteiger partial charge in [-0.2, -0.15) is 0 Å². The average molecular weight is 466 g/mol. The molecule has 0 saturated carbocycles. The maximum atomic E-state index is 6.13. The van der Waals surface area contributed by atoms with Gasteiger partial charge in [0.15, 0.2) is 22.1 Å². The van der Waals surface area contributed by atoms with E-state index in [0.29, 0.717) is 23.8 Å². The summed E-state index contributed by atoms with van der Waals surface area (Å²) in [5.74, 6) is 1.81. The van der Waals surface area contributed by atoms with Crippen molar-refractivity contribution in [2.24, 2.45) is 0 Å². The van der Waals surface area contributed by atoms with Crippen molar-refractivity contribution in [3.8, 4) is 17.2 Å². The average Bonchev–Trinajstić information content (AvgIpc) is 3.51. The summed E-state index contributed by atoms with van der Waals surface area (Å²) in [7, 11) is 0. The lowest BCUT2D eigenvalue weighted by atomic mass is 10.1. The standard InChI is InChI=1S/C23H27N7O2S/c1-23(2,3)28-6-4-8-30-20-18(19(24)26-13-27-20)29-22(30)33-17-11-14-5-9-31-16(14)12-15(17)21-25-7-10-32-21/h7,10-13,28H,4-6,8-9H2,1-3H3,(H2,24,26,27). The monoisotopic (exact) mass is 465 g/mol. The highest BCUT2D eigenvalue weighted by atomic mass is 32.2. The van der Waals surface area contributed by atoms with Crippen LogP contribution in [0, 0.1) is 0 Å². The molecule has 4 aromatic rings. The minimum atomic E-state index is 0.0681. The Morgan fingerprint density at radius 3 is 2.88 bits per heavy atom. The smallest absolute Gasteiger partial charge is 0.227 e. The van der Waals surface area contributed by atoms with Crippen LogP contribution in [-0.4, -0.2) is 43.2 Å². The van der Waals surface area contributed by atoms with Gasteiger partial charge in [-0.1, -0.05) is 11.8 Å². The number of imidazole rings is 1. The van der Waals surface area contributed by atoms with Crippen LogP contribution in [-0.2, 0) is 13.0 Å². The van der Waals surface area contributed by atoms with Crippen molar-refractivity contribution >= 4 is 28.7 Å². The van der Waals surface area contributed by atoms with E-state index in [0.717, 1.165) is 52.9 Å². The molecule has 0 aliphatic carbocycles. The van der Waals surface area contributed by atoms with Crippen LogP contribution in [0.3, 0.4) is 0 Å². The molecule has 0 radical (unpaired) electrons. The first-order valence-corrected chi connectivity index (χ1v) is 11.8. The van der Waals surface area contributed by atoms with Gasteiger partial charge in [0.1, 0.15) is 18.3 Å². The number of nitrogen functional groups attached to an aromatic ring is 1. The summed E-state index contributed by atoms with van der Waals surface area (Å²) >= 11 is 1.56. The first kappa shape index (κ1) is 21.7. The lowest BCUT2D eigenvalue weighted by Crippen LogP contribution is -2.36. The van der Waals surface area contributed by atoms with Crippen LogP contribution < -0.4 is 15.8 Å². The predicted octanol–water partition coefficient (Wildman–Crippen LogP) is 3.93. The normalized spacial score (nSPS) is 13.4. The number of aryl methyl sites for hydroxylation is 1. The van der Waals surface area contributed by atoms with Crippen LogP contribution >= 0.6 is 11.8 Å². The quantitative estimate of drug-likeness (QED) is 0.391. The van der Waals surface area contributed by atoms with Crippen molar-refractivity contribution in [1.82, 2.24) is 29.8 Å². The first-order valence-electron chi connectivity index (χ1n) is 11.0. The van der Waals surface area contributed by atoms with Crippen molar-refractivity contribution in [2.45, 2.75) is 55.7 Å². The second kappa shape index (κ2) is 8.68. The van der Waals surface area contributed by atoms with Crippen LogP contribution in [0.2, 0.25) is 0 Å². The van der Waals surface area contributed by atoms with E-state index in [1.54, 1.807) is 24.2 Å². The van der Waals surface area contributed by atoms with Crippen molar-refractivity contribution in [3.63, 3.8) is 0 Å². The lowest BCUT2D eigenvalue weighted by Gasteiger charge is -2.20. The molecule has 0 spiro atoms. The summed E-state index contributed by atoms with van der Waals surface area (Å²) in [6.45, 7) is 8.80. The third-order valence-corrected chi connectivity index (χ3v) is 6.45. The van der Waals surface area contributed by atoms with Crippen molar-refractivity contribution < 1.29 is 9.15 Å². The number of oxazole rings is 1. The summed E-state index contributed by atoms with van der Waals surface area (Å²) in [5.41, 5.74) is 9.60. The number of fused-ring (bicyclic) bond motifs is 2. The highest BCUT2D eigenvalue weighted by Crippen LogP contribution is 2.41. The Morgan fingerprint density at radius 2 is 2.09 bits per heavy atom. The number of rotatable bonds is 7. The van der Waals surface area contributed by atoms with Crippen molar-refractivity contribution in [1.29, 1.82) is 0 Å². The highest BCUT2D eigenvalue weighted by Gasteiger charge is 2.23. The molecule has 10 heteroatoms. The zero-order valence-corrected chi connectivity index (χ0v) is 19.8. The van der Waals surface area contributed by atoms with Gasteiger partial charge in [0, 0.05) is 23.4 Å². The van der Waals surface area contributed by atoms with Crippen molar-refractivity contribution in [3.05, 3.63) is 36.5 Å². The van der Waals surface area contributed by atoms with Gasteiger partial charge in [-0.05, 0) is 51.4 Å². The Kier molecular flexibility index (Phi) is 5.71. The number of nitrogens with zero attached hydrogens (tertiary/aromatic N) is 5. The molecule has 3 aromatic heterocycles. The maximum Gasteiger partial charge on any atom is 0.227 e. The molecule has 33 heavy (non-hydrogen) atoms. The fourth-order valence-corrected chi connectivity index (χ4v) is 4.90. The zero-order valence-electron chi connectivity index (χ0n) is 19.0. The molecule has 3 N–H and O–H groups in total. The Bertz CT molecular complexity index is 1280. The topological polar surface area (TPSA) is 117 Å². The molecule has 9 nitrogen and oxygen atoms in total. The molecule has 1 aliphatic rings. The second-order valence-corrected chi connectivity index (χ2v) is 10.0. The Balaban J connectivity index is 1.52. The molecule has 172 valence electrons. The van der Waals surface area contributed by atoms with Crippen LogP contribution in [0.15, 0.2) is 45.4 Å². The summed E-state index contributed by atoms with van der Waals surface area (Å²) in [4.78, 5) is 18.8. The molecule has 1 aromatic carbocycles. The molecule has 0 saturated heterocycles. The Labute approximate surface area is 196 Å². The molecule has 0 fully saturated rings. The van der Waals surface area contributed by atoms with Gasteiger partial charge in [0.05, 0.1) is 18.4 Å². The van der Waals surface area contributed by atoms with Gasteiger partial charge >= 0.3 is 0 Å². The number of anilines is 1. The molecule has 0 bridgehead atoms. The largest absolute Gasteiger partial charge is 0.493 e. The van der Waals surface area contributed by atoms with Gasteiger partial charge in [-0.3, -0.25) is 0 Å². The Hall–Kier alpha value is -3.11. The van der Waals surface area contributed by atoms with E-state index in [9.17, 15) is 0 Å². The maximum absolute atomic E-state index is 6.13. The molecule has 0 atom stereocenters. The van der Waals surface area contributed by atoms with Crippen LogP contribution in [0.5, 0.6) is 5.75 Å². The first-order chi connectivity index (χ1) is 15.9. The van der Waals surface area contributed by atoms with E-state index in [4.69, 9.17) is 19.9 Å². The number of benzene rings is 1. The molecule has 0 unspecified atom stereocenters. The van der Waals surface area contributed by atoms with E-state index >= 15 is 0 Å². The SMILES string of the molecule is CC(C)(C)NCCCn1c(Sc2cc3c(cc2-c2ncco2)OCC3)nc2c(N)ncnc21. The number of hydrogen-bond donors (Lipinski definition) is 2. The number of ether oxygens (including phenoxy) is 1. The number of nitrogens with one attached hydrogen (secondary N) is 1. The third kappa shape index (κ3) is 4.53. The molecular weight excluding hydrogens is 438 g/mol. The summed E-state index contributed by atoms with van der Waals surface area (Å²) < 4.78 is 13.5. The molecule has 4 heterocycles. The van der Waals surface area contributed by atoms with E-state index in [-0.39, 0.29) is 5.54 Å². The second-order valence-electron chi connectivity index (χ2n) is 9.00. The summed E-state index contributed by atoms with van der Waals surface area (Å²) in [6.07, 6.45) is 6.51. The fraction of sp³-hybridized carbons (Fsp3) is 0.391. The molecule has 0 amide bonds. The third-order valence-electron chi connectivity index (χ3n) is 5.39. The van der Waals surface area contributed by atoms with E-state index in [1.165, 1.54) is 11.9 Å². The van der Waals surface area contributed by atoms with Gasteiger partial charge in [0.25, 0.3) is 0 Å². The molecular formula is C23H27N7O2S. The molecule has 5 rings (SSSR count). The minimum absolute atomic E-state index is 0.0681. The highest BCUT2D eigenvalue weighted by molar-refractivity contribution is 7.99. The van der Waals surface area contributed by atoms with Crippen LogP contribution in [0.25, 0.3) is 22.6 Å². The van der Waals surface area contributed by atoms with Gasteiger partial charge in [-0.15, -0.1) is 0 Å². The Morgan fingerprint density at radius 1 is 1.21 bits per heavy atom. The minimum Gasteiger partial charge on any atom is -0.493 e. The number of nitrogens with two attached hydrogens (primary N) is 1.